The van der Waals surface area contributed by atoms with Crippen molar-refractivity contribution in [1.82, 2.24) is 5.43 Å². The number of amides is 1. The third-order valence-corrected chi connectivity index (χ3v) is 6.36. The number of rotatable bonds is 7. The molecule has 5 rings (SSSR count). The standard InChI is InChI=1S/C21H26N2O4/c24-19(11-21-8-14-5-15(9-21)7-16(6-14)10-21)23-22-12-17-3-1-2-4-18(17)27-13-20(25)26/h1-4,12,14-16H,5-11,13H2,(H,23,24)(H,25,26)/p-1/b22-12-. The number of carboxylic acids is 1. The zero-order valence-electron chi connectivity index (χ0n) is 15.4. The van der Waals surface area contributed by atoms with E-state index in [0.29, 0.717) is 17.7 Å². The van der Waals surface area contributed by atoms with Gasteiger partial charge in [0.1, 0.15) is 12.4 Å². The summed E-state index contributed by atoms with van der Waals surface area (Å²) in [5, 5.41) is 14.6. The minimum absolute atomic E-state index is 0.0404. The van der Waals surface area contributed by atoms with Crippen LogP contribution in [0.1, 0.15) is 50.5 Å². The molecule has 0 atom stereocenters. The average Bonchev–Trinajstić information content (AvgIpc) is 2.59. The molecule has 0 spiro atoms. The Balaban J connectivity index is 1.34. The molecule has 0 radical (unpaired) electrons. The maximum absolute atomic E-state index is 12.5. The zero-order chi connectivity index (χ0) is 18.9. The highest BCUT2D eigenvalue weighted by Gasteiger charge is 2.51. The first-order valence-corrected chi connectivity index (χ1v) is 9.75. The normalized spacial score (nSPS) is 31.2. The van der Waals surface area contributed by atoms with Crippen LogP contribution < -0.4 is 15.3 Å². The fourth-order valence-corrected chi connectivity index (χ4v) is 5.92. The number of aliphatic carboxylic acids is 1. The number of para-hydroxylation sites is 1. The van der Waals surface area contributed by atoms with E-state index in [0.717, 1.165) is 17.8 Å². The molecule has 6 heteroatoms. The molecular weight excluding hydrogens is 344 g/mol. The Morgan fingerprint density at radius 2 is 1.78 bits per heavy atom. The summed E-state index contributed by atoms with van der Waals surface area (Å²) in [6.45, 7) is -0.525. The number of carbonyl (C=O) groups is 2. The van der Waals surface area contributed by atoms with Crippen LogP contribution in [0.15, 0.2) is 29.4 Å². The first-order chi connectivity index (χ1) is 13.0. The summed E-state index contributed by atoms with van der Waals surface area (Å²) in [5.74, 6) is 1.52. The van der Waals surface area contributed by atoms with Gasteiger partial charge >= 0.3 is 0 Å². The number of hydrazone groups is 1. The van der Waals surface area contributed by atoms with Crippen molar-refractivity contribution in [3.63, 3.8) is 0 Å². The molecule has 27 heavy (non-hydrogen) atoms. The van der Waals surface area contributed by atoms with Gasteiger partial charge in [-0.05, 0) is 73.8 Å². The molecule has 0 heterocycles. The number of nitrogens with one attached hydrogen (secondary N) is 1. The van der Waals surface area contributed by atoms with E-state index in [1.807, 2.05) is 0 Å². The lowest BCUT2D eigenvalue weighted by Gasteiger charge is -2.56. The van der Waals surface area contributed by atoms with E-state index in [9.17, 15) is 14.7 Å². The number of hydrogen-bond donors (Lipinski definition) is 1. The molecule has 4 saturated carbocycles. The molecule has 1 amide bonds. The van der Waals surface area contributed by atoms with E-state index in [-0.39, 0.29) is 11.3 Å². The highest BCUT2D eigenvalue weighted by atomic mass is 16.5. The molecule has 0 aromatic heterocycles. The highest BCUT2D eigenvalue weighted by Crippen LogP contribution is 2.61. The molecule has 4 bridgehead atoms. The Morgan fingerprint density at radius 3 is 2.41 bits per heavy atom. The molecule has 1 aromatic rings. The van der Waals surface area contributed by atoms with Gasteiger partial charge in [0.2, 0.25) is 5.91 Å². The van der Waals surface area contributed by atoms with Crippen molar-refractivity contribution >= 4 is 18.1 Å². The van der Waals surface area contributed by atoms with Crippen molar-refractivity contribution in [3.05, 3.63) is 29.8 Å². The second-order valence-corrected chi connectivity index (χ2v) is 8.59. The van der Waals surface area contributed by atoms with E-state index in [2.05, 4.69) is 10.5 Å². The monoisotopic (exact) mass is 369 g/mol. The molecule has 4 aliphatic carbocycles. The summed E-state index contributed by atoms with van der Waals surface area (Å²) in [4.78, 5) is 23.0. The minimum atomic E-state index is -1.29. The van der Waals surface area contributed by atoms with E-state index in [1.54, 1.807) is 24.3 Å². The van der Waals surface area contributed by atoms with Gasteiger partial charge in [-0.25, -0.2) is 5.43 Å². The Kier molecular flexibility index (Phi) is 4.89. The van der Waals surface area contributed by atoms with Crippen LogP contribution in [0.5, 0.6) is 5.75 Å². The van der Waals surface area contributed by atoms with Gasteiger partial charge in [-0.3, -0.25) is 4.79 Å². The summed E-state index contributed by atoms with van der Waals surface area (Å²) >= 11 is 0. The third-order valence-electron chi connectivity index (χ3n) is 6.36. The van der Waals surface area contributed by atoms with Crippen molar-refractivity contribution < 1.29 is 19.4 Å². The zero-order valence-corrected chi connectivity index (χ0v) is 15.4. The van der Waals surface area contributed by atoms with Crippen LogP contribution in [0.3, 0.4) is 0 Å². The highest BCUT2D eigenvalue weighted by molar-refractivity contribution is 5.85. The summed E-state index contributed by atoms with van der Waals surface area (Å²) < 4.78 is 5.18. The smallest absolute Gasteiger partial charge is 0.240 e. The van der Waals surface area contributed by atoms with Crippen LogP contribution in [-0.4, -0.2) is 24.7 Å². The predicted octanol–water partition coefficient (Wildman–Crippen LogP) is 1.87. The van der Waals surface area contributed by atoms with Gasteiger partial charge in [-0.2, -0.15) is 5.10 Å². The first-order valence-electron chi connectivity index (χ1n) is 9.75. The lowest BCUT2D eigenvalue weighted by atomic mass is 9.49. The molecule has 0 unspecified atom stereocenters. The molecule has 1 aromatic carbocycles. The fourth-order valence-electron chi connectivity index (χ4n) is 5.92. The summed E-state index contributed by atoms with van der Waals surface area (Å²) in [6, 6.07) is 6.94. The van der Waals surface area contributed by atoms with Crippen molar-refractivity contribution in [3.8, 4) is 5.75 Å². The van der Waals surface area contributed by atoms with Crippen molar-refractivity contribution in [2.45, 2.75) is 44.9 Å². The minimum Gasteiger partial charge on any atom is -0.546 e. The van der Waals surface area contributed by atoms with Gasteiger partial charge < -0.3 is 14.6 Å². The van der Waals surface area contributed by atoms with Gasteiger partial charge in [0.15, 0.2) is 0 Å². The predicted molar refractivity (Wildman–Crippen MR) is 97.9 cm³/mol. The molecule has 6 nitrogen and oxygen atoms in total. The summed E-state index contributed by atoms with van der Waals surface area (Å²) in [5.41, 5.74) is 3.43. The SMILES string of the molecule is O=C([O-])COc1ccccc1/C=N\NC(=O)CC12CC3CC(CC(C3)C1)C2. The van der Waals surface area contributed by atoms with Crippen LogP contribution in [-0.2, 0) is 9.59 Å². The van der Waals surface area contributed by atoms with Crippen LogP contribution in [0, 0.1) is 23.2 Å². The molecule has 4 fully saturated rings. The van der Waals surface area contributed by atoms with Crippen LogP contribution in [0.25, 0.3) is 0 Å². The summed E-state index contributed by atoms with van der Waals surface area (Å²) in [6.07, 6.45) is 9.70. The number of carbonyl (C=O) groups excluding carboxylic acids is 2. The third kappa shape index (κ3) is 4.15. The maximum atomic E-state index is 12.5. The van der Waals surface area contributed by atoms with Gasteiger partial charge in [0.05, 0.1) is 12.2 Å². The largest absolute Gasteiger partial charge is 0.546 e. The Morgan fingerprint density at radius 1 is 1.15 bits per heavy atom. The van der Waals surface area contributed by atoms with Crippen LogP contribution >= 0.6 is 0 Å². The Hall–Kier alpha value is -2.37. The molecule has 1 N–H and O–H groups in total. The van der Waals surface area contributed by atoms with Crippen molar-refractivity contribution in [1.29, 1.82) is 0 Å². The molecule has 4 aliphatic rings. The van der Waals surface area contributed by atoms with Crippen molar-refractivity contribution in [2.24, 2.45) is 28.3 Å². The maximum Gasteiger partial charge on any atom is 0.240 e. The quantitative estimate of drug-likeness (QED) is 0.587. The topological polar surface area (TPSA) is 90.8 Å². The van der Waals surface area contributed by atoms with Crippen LogP contribution in [0.4, 0.5) is 0 Å². The second-order valence-electron chi connectivity index (χ2n) is 8.59. The number of carboxylic acid groups (broad SMARTS) is 1. The average molecular weight is 369 g/mol. The summed E-state index contributed by atoms with van der Waals surface area (Å²) in [7, 11) is 0. The van der Waals surface area contributed by atoms with Gasteiger partial charge in [0.25, 0.3) is 0 Å². The van der Waals surface area contributed by atoms with Gasteiger partial charge in [0, 0.05) is 12.0 Å². The Labute approximate surface area is 159 Å². The van der Waals surface area contributed by atoms with E-state index in [4.69, 9.17) is 4.74 Å². The Bertz CT molecular complexity index is 723. The van der Waals surface area contributed by atoms with Gasteiger partial charge in [-0.15, -0.1) is 0 Å². The molecule has 144 valence electrons. The van der Waals surface area contributed by atoms with E-state index in [1.165, 1.54) is 44.7 Å². The van der Waals surface area contributed by atoms with Crippen LogP contribution in [0.2, 0.25) is 0 Å². The number of benzene rings is 1. The lowest BCUT2D eigenvalue weighted by Crippen LogP contribution is -2.47. The van der Waals surface area contributed by atoms with Gasteiger partial charge in [-0.1, -0.05) is 12.1 Å². The van der Waals surface area contributed by atoms with E-state index >= 15 is 0 Å². The number of nitrogens with zero attached hydrogens (tertiary/aromatic N) is 1. The lowest BCUT2D eigenvalue weighted by molar-refractivity contribution is -0.307. The fraction of sp³-hybridized carbons (Fsp3) is 0.571. The molecule has 0 aliphatic heterocycles. The molecular formula is C21H25N2O4-. The second kappa shape index (κ2) is 7.33. The first kappa shape index (κ1) is 18.0. The molecule has 0 saturated heterocycles. The van der Waals surface area contributed by atoms with Crippen molar-refractivity contribution in [2.75, 3.05) is 6.61 Å². The number of ether oxygens (including phenoxy) is 1. The number of hydrogen-bond acceptors (Lipinski definition) is 5. The van der Waals surface area contributed by atoms with E-state index < -0.39 is 12.6 Å².